The van der Waals surface area contributed by atoms with E-state index in [9.17, 15) is 9.59 Å². The molecule has 144 valence electrons. The van der Waals surface area contributed by atoms with Gasteiger partial charge in [0.2, 0.25) is 5.91 Å². The van der Waals surface area contributed by atoms with Gasteiger partial charge in [0.05, 0.1) is 30.0 Å². The van der Waals surface area contributed by atoms with E-state index in [1.165, 1.54) is 17.3 Å². The van der Waals surface area contributed by atoms with E-state index in [0.717, 1.165) is 11.3 Å². The normalized spacial score (nSPS) is 10.8. The van der Waals surface area contributed by atoms with Gasteiger partial charge in [-0.1, -0.05) is 23.7 Å². The molecule has 2 N–H and O–H groups in total. The number of hydrogen-bond acceptors (Lipinski definition) is 5. The van der Waals surface area contributed by atoms with Crippen molar-refractivity contribution >= 4 is 34.7 Å². The van der Waals surface area contributed by atoms with Crippen LogP contribution in [-0.2, 0) is 0 Å². The number of fused-ring (bicyclic) bond motifs is 1. The number of imidazole rings is 1. The third-order valence-electron chi connectivity index (χ3n) is 4.48. The third-order valence-corrected chi connectivity index (χ3v) is 4.71. The summed E-state index contributed by atoms with van der Waals surface area (Å²) >= 11 is 5.81. The zero-order chi connectivity index (χ0) is 20.5. The van der Waals surface area contributed by atoms with Crippen LogP contribution in [0, 0.1) is 0 Å². The van der Waals surface area contributed by atoms with Crippen LogP contribution in [0.1, 0.15) is 20.8 Å². The number of primary amides is 1. The molecule has 29 heavy (non-hydrogen) atoms. The molecule has 9 heteroatoms. The first-order chi connectivity index (χ1) is 13.9. The monoisotopic (exact) mass is 406 g/mol. The molecule has 3 heterocycles. The minimum absolute atomic E-state index is 0.239. The van der Waals surface area contributed by atoms with E-state index < -0.39 is 5.91 Å². The van der Waals surface area contributed by atoms with E-state index in [1.807, 2.05) is 0 Å². The number of halogens is 1. The van der Waals surface area contributed by atoms with Crippen LogP contribution in [0.4, 0.5) is 5.69 Å². The van der Waals surface area contributed by atoms with Gasteiger partial charge in [-0.3, -0.25) is 14.0 Å². The molecule has 0 aliphatic heterocycles. The highest BCUT2D eigenvalue weighted by molar-refractivity contribution is 6.29. The number of hydrogen-bond donors (Lipinski definition) is 1. The fourth-order valence-corrected chi connectivity index (χ4v) is 2.99. The SMILES string of the molecule is CN(C(=O)c1cn2c(-c3ccc(C(N)=O)cc3)cnc2cn1)c1ccc(Cl)nc1. The molecule has 0 spiro atoms. The van der Waals surface area contributed by atoms with Crippen molar-refractivity contribution in [2.45, 2.75) is 0 Å². The molecule has 0 unspecified atom stereocenters. The Hall–Kier alpha value is -3.78. The molecule has 1 aromatic carbocycles. The minimum atomic E-state index is -0.494. The highest BCUT2D eigenvalue weighted by Crippen LogP contribution is 2.22. The lowest BCUT2D eigenvalue weighted by Gasteiger charge is -2.16. The zero-order valence-corrected chi connectivity index (χ0v) is 16.0. The number of benzene rings is 1. The van der Waals surface area contributed by atoms with Crippen LogP contribution in [0.15, 0.2) is 61.2 Å². The molecular formula is C20H15ClN6O2. The smallest absolute Gasteiger partial charge is 0.278 e. The fraction of sp³-hybridized carbons (Fsp3) is 0.0500. The quantitative estimate of drug-likeness (QED) is 0.524. The van der Waals surface area contributed by atoms with Crippen molar-refractivity contribution in [3.05, 3.63) is 77.6 Å². The molecule has 3 aromatic heterocycles. The summed E-state index contributed by atoms with van der Waals surface area (Å²) in [5, 5.41) is 0.347. The van der Waals surface area contributed by atoms with Crippen molar-refractivity contribution in [2.75, 3.05) is 11.9 Å². The van der Waals surface area contributed by atoms with Gasteiger partial charge in [-0.15, -0.1) is 0 Å². The van der Waals surface area contributed by atoms with Crippen LogP contribution in [0.5, 0.6) is 0 Å². The lowest BCUT2D eigenvalue weighted by Crippen LogP contribution is -2.27. The molecular weight excluding hydrogens is 392 g/mol. The Balaban J connectivity index is 1.70. The molecule has 0 atom stereocenters. The summed E-state index contributed by atoms with van der Waals surface area (Å²) in [5.74, 6) is -0.800. The maximum atomic E-state index is 12.9. The summed E-state index contributed by atoms with van der Waals surface area (Å²) in [7, 11) is 1.64. The molecule has 0 radical (unpaired) electrons. The Labute approximate surface area is 170 Å². The van der Waals surface area contributed by atoms with Crippen molar-refractivity contribution in [2.24, 2.45) is 5.73 Å². The third kappa shape index (κ3) is 3.53. The van der Waals surface area contributed by atoms with Gasteiger partial charge in [0.15, 0.2) is 5.65 Å². The number of amides is 2. The Morgan fingerprint density at radius 3 is 2.41 bits per heavy atom. The number of carbonyl (C=O) groups excluding carboxylic acids is 2. The largest absolute Gasteiger partial charge is 0.366 e. The van der Waals surface area contributed by atoms with Gasteiger partial charge in [0, 0.05) is 24.4 Å². The molecule has 8 nitrogen and oxygen atoms in total. The van der Waals surface area contributed by atoms with Crippen LogP contribution in [0.3, 0.4) is 0 Å². The molecule has 0 saturated heterocycles. The van der Waals surface area contributed by atoms with Gasteiger partial charge in [-0.2, -0.15) is 0 Å². The summed E-state index contributed by atoms with van der Waals surface area (Å²) in [4.78, 5) is 38.1. The predicted octanol–water partition coefficient (Wildman–Crippen LogP) is 2.82. The van der Waals surface area contributed by atoms with E-state index >= 15 is 0 Å². The van der Waals surface area contributed by atoms with Crippen LogP contribution in [0.25, 0.3) is 16.9 Å². The van der Waals surface area contributed by atoms with Gasteiger partial charge < -0.3 is 10.6 Å². The first-order valence-corrected chi connectivity index (χ1v) is 8.95. The minimum Gasteiger partial charge on any atom is -0.366 e. The second-order valence-electron chi connectivity index (χ2n) is 6.29. The van der Waals surface area contributed by atoms with Crippen molar-refractivity contribution in [1.29, 1.82) is 0 Å². The number of anilines is 1. The summed E-state index contributed by atoms with van der Waals surface area (Å²) in [6.07, 6.45) is 6.35. The zero-order valence-electron chi connectivity index (χ0n) is 15.3. The number of rotatable bonds is 4. The van der Waals surface area contributed by atoms with Gasteiger partial charge >= 0.3 is 0 Å². The van der Waals surface area contributed by atoms with Crippen molar-refractivity contribution in [3.63, 3.8) is 0 Å². The maximum Gasteiger partial charge on any atom is 0.278 e. The average molecular weight is 407 g/mol. The number of pyridine rings is 1. The first-order valence-electron chi connectivity index (χ1n) is 8.57. The van der Waals surface area contributed by atoms with Crippen LogP contribution >= 0.6 is 11.6 Å². The molecule has 2 amide bonds. The predicted molar refractivity (Wildman–Crippen MR) is 109 cm³/mol. The highest BCUT2D eigenvalue weighted by Gasteiger charge is 2.17. The van der Waals surface area contributed by atoms with E-state index in [0.29, 0.717) is 22.1 Å². The van der Waals surface area contributed by atoms with Gasteiger partial charge in [0.25, 0.3) is 5.91 Å². The maximum absolute atomic E-state index is 12.9. The lowest BCUT2D eigenvalue weighted by atomic mass is 10.1. The summed E-state index contributed by atoms with van der Waals surface area (Å²) < 4.78 is 1.77. The lowest BCUT2D eigenvalue weighted by molar-refractivity contribution is 0.0984. The van der Waals surface area contributed by atoms with Crippen molar-refractivity contribution in [1.82, 2.24) is 19.4 Å². The highest BCUT2D eigenvalue weighted by atomic mass is 35.5. The second kappa shape index (κ2) is 7.33. The number of carbonyl (C=O) groups is 2. The molecule has 4 aromatic rings. The van der Waals surface area contributed by atoms with E-state index in [-0.39, 0.29) is 11.6 Å². The average Bonchev–Trinajstić information content (AvgIpc) is 3.16. The van der Waals surface area contributed by atoms with E-state index in [4.69, 9.17) is 17.3 Å². The van der Waals surface area contributed by atoms with Crippen molar-refractivity contribution < 1.29 is 9.59 Å². The first kappa shape index (κ1) is 18.6. The molecule has 0 bridgehead atoms. The molecule has 0 fully saturated rings. The molecule has 0 saturated carbocycles. The van der Waals surface area contributed by atoms with Crippen molar-refractivity contribution in [3.8, 4) is 11.3 Å². The van der Waals surface area contributed by atoms with Crippen LogP contribution in [-0.4, -0.2) is 38.2 Å². The second-order valence-corrected chi connectivity index (χ2v) is 6.68. The molecule has 0 aliphatic rings. The number of aromatic nitrogens is 4. The van der Waals surface area contributed by atoms with E-state index in [2.05, 4.69) is 15.0 Å². The van der Waals surface area contributed by atoms with Gasteiger partial charge in [-0.05, 0) is 24.3 Å². The van der Waals surface area contributed by atoms with E-state index in [1.54, 1.807) is 60.2 Å². The molecule has 4 rings (SSSR count). The fourth-order valence-electron chi connectivity index (χ4n) is 2.87. The Kier molecular flexibility index (Phi) is 4.69. The Morgan fingerprint density at radius 2 is 1.76 bits per heavy atom. The Morgan fingerprint density at radius 1 is 1.00 bits per heavy atom. The van der Waals surface area contributed by atoms with Crippen LogP contribution in [0.2, 0.25) is 5.15 Å². The standard InChI is InChI=1S/C20H15ClN6O2/c1-26(14-6-7-17(21)24-8-14)20(29)15-11-27-16(9-25-18(27)10-23-15)12-2-4-13(5-3-12)19(22)28/h2-11H,1H3,(H2,22,28). The summed E-state index contributed by atoms with van der Waals surface area (Å²) in [6, 6.07) is 10.2. The topological polar surface area (TPSA) is 106 Å². The molecule has 0 aliphatic carbocycles. The van der Waals surface area contributed by atoms with Gasteiger partial charge in [0.1, 0.15) is 10.8 Å². The summed E-state index contributed by atoms with van der Waals surface area (Å²) in [6.45, 7) is 0. The Bertz CT molecular complexity index is 1220. The summed E-state index contributed by atoms with van der Waals surface area (Å²) in [5.41, 5.74) is 8.70. The number of nitrogens with zero attached hydrogens (tertiary/aromatic N) is 5. The van der Waals surface area contributed by atoms with Crippen LogP contribution < -0.4 is 10.6 Å². The number of nitrogens with two attached hydrogens (primary N) is 1. The van der Waals surface area contributed by atoms with Gasteiger partial charge in [-0.25, -0.2) is 15.0 Å².